The topological polar surface area (TPSA) is 109 Å². The van der Waals surface area contributed by atoms with Gasteiger partial charge in [-0.1, -0.05) is 70.7 Å². The van der Waals surface area contributed by atoms with Crippen molar-refractivity contribution in [3.8, 4) is 6.07 Å². The molecule has 0 aromatic heterocycles. The number of benzene rings is 4. The number of carboxylic acid groups (broad SMARTS) is 1. The molecule has 0 saturated carbocycles. The number of nitrogens with one attached hydrogen (secondary N) is 1. The SMILES string of the molecule is CC(C)(C)OC(=O)N1CCN(c2ccc(C(=O)O)cc2Cl)[C@H](c2ccc(Cl)cc2)C1.N#Cc1ccc(N2CCNC[C@H]2c2ccc(Cl)cc2)c(Cl)c1. The van der Waals surface area contributed by atoms with Gasteiger partial charge in [0, 0.05) is 49.3 Å². The second kappa shape index (κ2) is 17.1. The van der Waals surface area contributed by atoms with Crippen molar-refractivity contribution in [1.82, 2.24) is 10.2 Å². The molecule has 0 spiro atoms. The van der Waals surface area contributed by atoms with Gasteiger partial charge in [0.1, 0.15) is 5.60 Å². The van der Waals surface area contributed by atoms with Gasteiger partial charge < -0.3 is 29.9 Å². The van der Waals surface area contributed by atoms with Crippen molar-refractivity contribution in [3.63, 3.8) is 0 Å². The Morgan fingerprint density at radius 1 is 0.788 bits per heavy atom. The van der Waals surface area contributed by atoms with Gasteiger partial charge in [-0.15, -0.1) is 0 Å². The number of carbonyl (C=O) groups is 2. The van der Waals surface area contributed by atoms with Crippen LogP contribution in [0.1, 0.15) is 59.9 Å². The fraction of sp³-hybridized carbons (Fsp3) is 0.308. The average molecular weight is 784 g/mol. The van der Waals surface area contributed by atoms with Crippen LogP contribution >= 0.6 is 46.4 Å². The Bertz CT molecular complexity index is 1930. The van der Waals surface area contributed by atoms with Crippen LogP contribution in [-0.2, 0) is 4.74 Å². The molecule has 272 valence electrons. The van der Waals surface area contributed by atoms with Crippen LogP contribution in [0.4, 0.5) is 16.2 Å². The fourth-order valence-corrected chi connectivity index (χ4v) is 7.02. The number of anilines is 2. The number of piperazine rings is 2. The first kappa shape index (κ1) is 39.0. The molecule has 2 heterocycles. The molecule has 4 aromatic rings. The lowest BCUT2D eigenvalue weighted by atomic mass is 10.0. The summed E-state index contributed by atoms with van der Waals surface area (Å²) in [5.41, 5.74) is 3.95. The summed E-state index contributed by atoms with van der Waals surface area (Å²) in [6, 6.07) is 27.6. The molecule has 0 aliphatic carbocycles. The number of amides is 1. The molecular formula is C39H39Cl4N5O4. The van der Waals surface area contributed by atoms with Gasteiger partial charge in [-0.3, -0.25) is 0 Å². The summed E-state index contributed by atoms with van der Waals surface area (Å²) in [6.45, 7) is 9.48. The van der Waals surface area contributed by atoms with Gasteiger partial charge in [-0.05, 0) is 92.6 Å². The fourth-order valence-electron chi connectivity index (χ4n) is 6.19. The molecule has 13 heteroatoms. The van der Waals surface area contributed by atoms with E-state index in [0.717, 1.165) is 35.9 Å². The Labute approximate surface area is 324 Å². The Kier molecular flexibility index (Phi) is 12.8. The van der Waals surface area contributed by atoms with E-state index in [2.05, 4.69) is 21.2 Å². The first-order valence-electron chi connectivity index (χ1n) is 16.7. The van der Waals surface area contributed by atoms with Crippen molar-refractivity contribution in [2.24, 2.45) is 0 Å². The van der Waals surface area contributed by atoms with Crippen LogP contribution in [0.15, 0.2) is 84.9 Å². The highest BCUT2D eigenvalue weighted by molar-refractivity contribution is 6.34. The second-order valence-corrected chi connectivity index (χ2v) is 15.1. The number of carbonyl (C=O) groups excluding carboxylic acids is 1. The number of hydrogen-bond donors (Lipinski definition) is 2. The molecule has 2 aliphatic rings. The zero-order valence-electron chi connectivity index (χ0n) is 29.0. The predicted octanol–water partition coefficient (Wildman–Crippen LogP) is 9.51. The van der Waals surface area contributed by atoms with Gasteiger partial charge in [-0.2, -0.15) is 5.26 Å². The lowest BCUT2D eigenvalue weighted by molar-refractivity contribution is 0.0213. The van der Waals surface area contributed by atoms with Crippen LogP contribution < -0.4 is 15.1 Å². The van der Waals surface area contributed by atoms with Crippen molar-refractivity contribution < 1.29 is 19.4 Å². The first-order chi connectivity index (χ1) is 24.7. The van der Waals surface area contributed by atoms with E-state index in [1.165, 1.54) is 17.7 Å². The molecule has 6 rings (SSSR count). The molecule has 9 nitrogen and oxygen atoms in total. The van der Waals surface area contributed by atoms with Gasteiger partial charge in [0.15, 0.2) is 0 Å². The minimum Gasteiger partial charge on any atom is -0.478 e. The first-order valence-corrected chi connectivity index (χ1v) is 18.2. The molecule has 2 aliphatic heterocycles. The van der Waals surface area contributed by atoms with E-state index >= 15 is 0 Å². The summed E-state index contributed by atoms with van der Waals surface area (Å²) in [6.07, 6.45) is -0.367. The monoisotopic (exact) mass is 781 g/mol. The third-order valence-corrected chi connectivity index (χ3v) is 9.78. The van der Waals surface area contributed by atoms with E-state index in [0.29, 0.717) is 46.0 Å². The highest BCUT2D eigenvalue weighted by atomic mass is 35.5. The van der Waals surface area contributed by atoms with Crippen LogP contribution in [0, 0.1) is 11.3 Å². The Balaban J connectivity index is 0.000000210. The van der Waals surface area contributed by atoms with Gasteiger partial charge in [0.2, 0.25) is 0 Å². The van der Waals surface area contributed by atoms with Crippen molar-refractivity contribution in [1.29, 1.82) is 5.26 Å². The Morgan fingerprint density at radius 2 is 1.35 bits per heavy atom. The number of halogens is 4. The molecule has 0 radical (unpaired) electrons. The Hall–Kier alpha value is -4.17. The summed E-state index contributed by atoms with van der Waals surface area (Å²) in [4.78, 5) is 29.9. The number of nitriles is 1. The summed E-state index contributed by atoms with van der Waals surface area (Å²) in [5.74, 6) is -1.03. The standard InChI is InChI=1S/C22H24Cl2N2O4.C17H15Cl2N3/c1-22(2,3)30-21(29)25-10-11-26(18-9-6-15(20(27)28)12-17(18)24)19(13-25)14-4-7-16(23)8-5-14;18-14-4-2-13(3-5-14)17-11-21-7-8-22(17)16-6-1-12(10-20)9-15(16)19/h4-9,12,19H,10-11,13H2,1-3H3,(H,27,28);1-6,9,17,21H,7-8,11H2/t19-;17-/m00/s1. The van der Waals surface area contributed by atoms with Crippen LogP contribution in [-0.4, -0.2) is 66.9 Å². The molecule has 4 aromatic carbocycles. The maximum absolute atomic E-state index is 12.6. The number of ether oxygens (including phenoxy) is 1. The normalized spacial score (nSPS) is 17.5. The van der Waals surface area contributed by atoms with Gasteiger partial charge in [0.05, 0.1) is 50.7 Å². The molecule has 2 N–H and O–H groups in total. The zero-order chi connectivity index (χ0) is 37.6. The molecule has 2 saturated heterocycles. The molecule has 0 unspecified atom stereocenters. The summed E-state index contributed by atoms with van der Waals surface area (Å²) >= 11 is 24.9. The largest absolute Gasteiger partial charge is 0.478 e. The smallest absolute Gasteiger partial charge is 0.410 e. The maximum Gasteiger partial charge on any atom is 0.410 e. The van der Waals surface area contributed by atoms with Crippen LogP contribution in [0.5, 0.6) is 0 Å². The second-order valence-electron chi connectivity index (χ2n) is 13.4. The molecule has 2 fully saturated rings. The van der Waals surface area contributed by atoms with Crippen LogP contribution in [0.2, 0.25) is 20.1 Å². The maximum atomic E-state index is 12.6. The highest BCUT2D eigenvalue weighted by Gasteiger charge is 2.34. The number of nitrogens with zero attached hydrogens (tertiary/aromatic N) is 4. The predicted molar refractivity (Wildman–Crippen MR) is 208 cm³/mol. The Morgan fingerprint density at radius 3 is 1.88 bits per heavy atom. The van der Waals surface area contributed by atoms with Crippen LogP contribution in [0.25, 0.3) is 0 Å². The average Bonchev–Trinajstić information content (AvgIpc) is 3.11. The number of rotatable bonds is 5. The zero-order valence-corrected chi connectivity index (χ0v) is 32.0. The van der Waals surface area contributed by atoms with Gasteiger partial charge >= 0.3 is 12.1 Å². The summed E-state index contributed by atoms with van der Waals surface area (Å²) in [7, 11) is 0. The van der Waals surface area contributed by atoms with Crippen molar-refractivity contribution in [2.75, 3.05) is 49.1 Å². The van der Waals surface area contributed by atoms with E-state index in [-0.39, 0.29) is 23.7 Å². The third-order valence-electron chi connectivity index (χ3n) is 8.68. The van der Waals surface area contributed by atoms with Crippen molar-refractivity contribution in [3.05, 3.63) is 127 Å². The number of aromatic carboxylic acids is 1. The van der Waals surface area contributed by atoms with E-state index in [1.54, 1.807) is 29.2 Å². The molecule has 1 amide bonds. The van der Waals surface area contributed by atoms with Crippen molar-refractivity contribution in [2.45, 2.75) is 38.5 Å². The summed E-state index contributed by atoms with van der Waals surface area (Å²) in [5, 5.41) is 23.9. The minimum atomic E-state index is -1.03. The third kappa shape index (κ3) is 9.82. The highest BCUT2D eigenvalue weighted by Crippen LogP contribution is 2.37. The van der Waals surface area contributed by atoms with Crippen LogP contribution in [0.3, 0.4) is 0 Å². The minimum absolute atomic E-state index is 0.124. The molecule has 0 bridgehead atoms. The summed E-state index contributed by atoms with van der Waals surface area (Å²) < 4.78 is 5.54. The van der Waals surface area contributed by atoms with E-state index in [1.807, 2.05) is 69.3 Å². The number of hydrogen-bond acceptors (Lipinski definition) is 7. The quantitative estimate of drug-likeness (QED) is 0.206. The lowest BCUT2D eigenvalue weighted by Gasteiger charge is -2.43. The van der Waals surface area contributed by atoms with Gasteiger partial charge in [-0.25, -0.2) is 9.59 Å². The molecule has 2 atom stereocenters. The number of carboxylic acids is 1. The van der Waals surface area contributed by atoms with E-state index in [4.69, 9.17) is 56.4 Å². The molecular weight excluding hydrogens is 744 g/mol. The van der Waals surface area contributed by atoms with Gasteiger partial charge in [0.25, 0.3) is 0 Å². The lowest BCUT2D eigenvalue weighted by Crippen LogP contribution is -2.51. The van der Waals surface area contributed by atoms with Crippen molar-refractivity contribution >= 4 is 69.8 Å². The molecule has 52 heavy (non-hydrogen) atoms. The van der Waals surface area contributed by atoms with E-state index in [9.17, 15) is 14.7 Å². The van der Waals surface area contributed by atoms with E-state index < -0.39 is 11.6 Å².